The van der Waals surface area contributed by atoms with Crippen LogP contribution >= 0.6 is 11.3 Å². The topological polar surface area (TPSA) is 88.9 Å². The van der Waals surface area contributed by atoms with Gasteiger partial charge in [0.15, 0.2) is 5.65 Å². The monoisotopic (exact) mass is 487 g/mol. The third-order valence-electron chi connectivity index (χ3n) is 4.93. The molecule has 0 fully saturated rings. The molecule has 4 aromatic rings. The highest BCUT2D eigenvalue weighted by molar-refractivity contribution is 7.13. The summed E-state index contributed by atoms with van der Waals surface area (Å²) in [7, 11) is 0. The van der Waals surface area contributed by atoms with Crippen molar-refractivity contribution in [1.29, 1.82) is 0 Å². The maximum Gasteiger partial charge on any atom is 0.405 e. The van der Waals surface area contributed by atoms with Gasteiger partial charge in [-0.25, -0.2) is 9.67 Å². The van der Waals surface area contributed by atoms with Gasteiger partial charge < -0.3 is 10.6 Å². The molecule has 0 aliphatic carbocycles. The van der Waals surface area contributed by atoms with Gasteiger partial charge in [-0.15, -0.1) is 11.3 Å². The molecule has 11 heteroatoms. The van der Waals surface area contributed by atoms with Crippen LogP contribution < -0.4 is 10.6 Å². The van der Waals surface area contributed by atoms with Gasteiger partial charge in [0.1, 0.15) is 6.54 Å². The van der Waals surface area contributed by atoms with Crippen LogP contribution in [0.1, 0.15) is 40.6 Å². The summed E-state index contributed by atoms with van der Waals surface area (Å²) in [5, 5.41) is 11.5. The number of hydrogen-bond acceptors (Lipinski definition) is 5. The van der Waals surface area contributed by atoms with Crippen molar-refractivity contribution in [3.63, 3.8) is 0 Å². The Labute approximate surface area is 196 Å². The van der Waals surface area contributed by atoms with E-state index in [0.29, 0.717) is 28.0 Å². The van der Waals surface area contributed by atoms with Gasteiger partial charge in [-0.1, -0.05) is 6.07 Å². The van der Waals surface area contributed by atoms with Gasteiger partial charge in [0, 0.05) is 17.3 Å². The number of hydrogen-bond donors (Lipinski definition) is 2. The first-order valence-electron chi connectivity index (χ1n) is 10.3. The first-order chi connectivity index (χ1) is 16.1. The average molecular weight is 488 g/mol. The van der Waals surface area contributed by atoms with E-state index >= 15 is 0 Å². The number of alkyl halides is 3. The van der Waals surface area contributed by atoms with E-state index in [9.17, 15) is 22.8 Å². The Bertz CT molecular complexity index is 1330. The minimum atomic E-state index is -4.50. The van der Waals surface area contributed by atoms with Crippen LogP contribution in [0.4, 0.5) is 18.9 Å². The number of nitrogens with zero attached hydrogens (tertiary/aromatic N) is 3. The summed E-state index contributed by atoms with van der Waals surface area (Å²) >= 11 is 1.50. The van der Waals surface area contributed by atoms with E-state index in [1.807, 2.05) is 36.7 Å². The molecule has 0 spiro atoms. The number of carbonyl (C=O) groups is 2. The summed E-state index contributed by atoms with van der Waals surface area (Å²) in [4.78, 5) is 30.7. The zero-order chi connectivity index (χ0) is 24.5. The van der Waals surface area contributed by atoms with Crippen LogP contribution in [0, 0.1) is 0 Å². The average Bonchev–Trinajstić information content (AvgIpc) is 3.47. The van der Waals surface area contributed by atoms with Crippen molar-refractivity contribution >= 4 is 39.9 Å². The first kappa shape index (κ1) is 23.4. The molecule has 0 saturated carbocycles. The minimum Gasteiger partial charge on any atom is -0.343 e. The largest absolute Gasteiger partial charge is 0.405 e. The van der Waals surface area contributed by atoms with Crippen LogP contribution in [-0.4, -0.2) is 39.3 Å². The Balaban J connectivity index is 1.60. The van der Waals surface area contributed by atoms with E-state index in [2.05, 4.69) is 10.4 Å². The molecule has 7 nitrogen and oxygen atoms in total. The second kappa shape index (κ2) is 9.26. The lowest BCUT2D eigenvalue weighted by Gasteiger charge is -2.11. The van der Waals surface area contributed by atoms with Crippen molar-refractivity contribution in [1.82, 2.24) is 20.1 Å². The SMILES string of the molecule is CC(C)n1ncc2c(C(=O)Nc3ccc(C(=O)NCC(F)(F)F)cc3)cc(-c3cccs3)nc21. The number of anilines is 1. The molecule has 4 rings (SSSR count). The summed E-state index contributed by atoms with van der Waals surface area (Å²) < 4.78 is 38.7. The van der Waals surface area contributed by atoms with Gasteiger partial charge in [0.25, 0.3) is 11.8 Å². The summed E-state index contributed by atoms with van der Waals surface area (Å²) in [6.45, 7) is 2.52. The van der Waals surface area contributed by atoms with E-state index in [1.165, 1.54) is 35.6 Å². The number of rotatable bonds is 6. The van der Waals surface area contributed by atoms with Crippen molar-refractivity contribution in [2.45, 2.75) is 26.1 Å². The molecule has 0 bridgehead atoms. The van der Waals surface area contributed by atoms with Crippen molar-refractivity contribution in [2.75, 3.05) is 11.9 Å². The number of carbonyl (C=O) groups excluding carboxylic acids is 2. The Kier molecular flexibility index (Phi) is 6.38. The molecule has 3 aromatic heterocycles. The molecular weight excluding hydrogens is 467 g/mol. The number of benzene rings is 1. The fraction of sp³-hybridized carbons (Fsp3) is 0.217. The van der Waals surface area contributed by atoms with E-state index in [-0.39, 0.29) is 11.6 Å². The number of amides is 2. The van der Waals surface area contributed by atoms with Gasteiger partial charge in [0.2, 0.25) is 0 Å². The van der Waals surface area contributed by atoms with E-state index < -0.39 is 24.5 Å². The molecular formula is C23H20F3N5O2S. The van der Waals surface area contributed by atoms with Crippen LogP contribution in [0.2, 0.25) is 0 Å². The Hall–Kier alpha value is -3.73. The Morgan fingerprint density at radius 2 is 1.85 bits per heavy atom. The molecule has 0 atom stereocenters. The highest BCUT2D eigenvalue weighted by Crippen LogP contribution is 2.29. The lowest BCUT2D eigenvalue weighted by atomic mass is 10.1. The van der Waals surface area contributed by atoms with E-state index in [4.69, 9.17) is 4.98 Å². The van der Waals surface area contributed by atoms with Gasteiger partial charge in [-0.2, -0.15) is 18.3 Å². The third-order valence-corrected chi connectivity index (χ3v) is 5.82. The number of halogens is 3. The molecule has 34 heavy (non-hydrogen) atoms. The maximum atomic E-state index is 13.2. The Morgan fingerprint density at radius 1 is 1.12 bits per heavy atom. The zero-order valence-electron chi connectivity index (χ0n) is 18.2. The molecule has 3 heterocycles. The first-order valence-corrected chi connectivity index (χ1v) is 11.2. The maximum absolute atomic E-state index is 13.2. The predicted octanol–water partition coefficient (Wildman–Crippen LogP) is 5.29. The molecule has 1 aromatic carbocycles. The minimum absolute atomic E-state index is 0.0375. The molecule has 0 aliphatic rings. The summed E-state index contributed by atoms with van der Waals surface area (Å²) in [6, 6.07) is 11.2. The smallest absolute Gasteiger partial charge is 0.343 e. The van der Waals surface area contributed by atoms with E-state index in [0.717, 1.165) is 4.88 Å². The lowest BCUT2D eigenvalue weighted by Crippen LogP contribution is -2.33. The third kappa shape index (κ3) is 5.09. The van der Waals surface area contributed by atoms with Crippen LogP contribution in [0.5, 0.6) is 0 Å². The summed E-state index contributed by atoms with van der Waals surface area (Å²) in [5.41, 5.74) is 2.05. The van der Waals surface area contributed by atoms with Crippen LogP contribution in [0.3, 0.4) is 0 Å². The van der Waals surface area contributed by atoms with Crippen LogP contribution in [0.25, 0.3) is 21.6 Å². The predicted molar refractivity (Wildman–Crippen MR) is 124 cm³/mol. The molecule has 0 saturated heterocycles. The van der Waals surface area contributed by atoms with Gasteiger partial charge in [0.05, 0.1) is 27.7 Å². The van der Waals surface area contributed by atoms with Crippen molar-refractivity contribution < 1.29 is 22.8 Å². The number of aromatic nitrogens is 3. The molecule has 0 radical (unpaired) electrons. The number of fused-ring (bicyclic) bond motifs is 1. The highest BCUT2D eigenvalue weighted by Gasteiger charge is 2.28. The van der Waals surface area contributed by atoms with Gasteiger partial charge >= 0.3 is 6.18 Å². The van der Waals surface area contributed by atoms with Crippen molar-refractivity contribution in [2.24, 2.45) is 0 Å². The number of nitrogens with one attached hydrogen (secondary N) is 2. The van der Waals surface area contributed by atoms with Crippen LogP contribution in [0.15, 0.2) is 54.0 Å². The number of pyridine rings is 1. The summed E-state index contributed by atoms with van der Waals surface area (Å²) in [5.74, 6) is -1.25. The second-order valence-corrected chi connectivity index (χ2v) is 8.73. The lowest BCUT2D eigenvalue weighted by molar-refractivity contribution is -0.123. The fourth-order valence-electron chi connectivity index (χ4n) is 3.32. The molecule has 0 aliphatic heterocycles. The van der Waals surface area contributed by atoms with Crippen molar-refractivity contribution in [3.8, 4) is 10.6 Å². The van der Waals surface area contributed by atoms with Crippen molar-refractivity contribution in [3.05, 3.63) is 65.2 Å². The molecule has 0 unspecified atom stereocenters. The normalized spacial score (nSPS) is 11.7. The van der Waals surface area contributed by atoms with Crippen LogP contribution in [-0.2, 0) is 0 Å². The fourth-order valence-corrected chi connectivity index (χ4v) is 4.01. The Morgan fingerprint density at radius 3 is 2.47 bits per heavy atom. The van der Waals surface area contributed by atoms with E-state index in [1.54, 1.807) is 16.9 Å². The number of thiophene rings is 1. The standard InChI is InChI=1S/C23H20F3N5O2S/c1-13(2)31-20-17(11-28-31)16(10-18(30-20)19-4-3-9-34-19)22(33)29-15-7-5-14(6-8-15)21(32)27-12-23(24,25)26/h3-11,13H,12H2,1-2H3,(H,27,32)(H,29,33). The molecule has 2 N–H and O–H groups in total. The zero-order valence-corrected chi connectivity index (χ0v) is 19.0. The molecule has 2 amide bonds. The second-order valence-electron chi connectivity index (χ2n) is 7.78. The van der Waals surface area contributed by atoms with Gasteiger partial charge in [-0.05, 0) is 55.6 Å². The van der Waals surface area contributed by atoms with Gasteiger partial charge in [-0.3, -0.25) is 9.59 Å². The molecule has 176 valence electrons. The highest BCUT2D eigenvalue weighted by atomic mass is 32.1. The quantitative estimate of drug-likeness (QED) is 0.387. The summed E-state index contributed by atoms with van der Waals surface area (Å²) in [6.07, 6.45) is -2.89.